The second-order valence-corrected chi connectivity index (χ2v) is 4.58. The van der Waals surface area contributed by atoms with E-state index in [9.17, 15) is 0 Å². The number of hydrogen-bond acceptors (Lipinski definition) is 3. The molecule has 0 aliphatic carbocycles. The minimum absolute atomic E-state index is 0.923. The third-order valence-electron chi connectivity index (χ3n) is 2.48. The Morgan fingerprint density at radius 2 is 1.69 bits per heavy atom. The number of likely N-dealkylation sites (N-methyl/N-ethyl adjacent to an activating group) is 1. The Morgan fingerprint density at radius 1 is 0.938 bits per heavy atom. The van der Waals surface area contributed by atoms with Gasteiger partial charge in [0.1, 0.15) is 0 Å². The standard InChI is InChI=1S/C13H30N2O/c1-4-12-16-13-8-6-5-7-9-14-10-11-15(2)3/h14H,4-13H2,1-3H3. The van der Waals surface area contributed by atoms with Gasteiger partial charge in [-0.3, -0.25) is 0 Å². The zero-order valence-corrected chi connectivity index (χ0v) is 11.4. The third-order valence-corrected chi connectivity index (χ3v) is 2.48. The summed E-state index contributed by atoms with van der Waals surface area (Å²) in [5, 5.41) is 3.46. The molecule has 1 N–H and O–H groups in total. The van der Waals surface area contributed by atoms with Gasteiger partial charge in [0.2, 0.25) is 0 Å². The molecule has 0 saturated heterocycles. The number of hydrogen-bond donors (Lipinski definition) is 1. The Balaban J connectivity index is 2.88. The molecule has 0 rings (SSSR count). The Hall–Kier alpha value is -0.120. The lowest BCUT2D eigenvalue weighted by molar-refractivity contribution is 0.130. The van der Waals surface area contributed by atoms with Gasteiger partial charge < -0.3 is 15.0 Å². The van der Waals surface area contributed by atoms with Gasteiger partial charge in [-0.15, -0.1) is 0 Å². The van der Waals surface area contributed by atoms with Gasteiger partial charge in [0.15, 0.2) is 0 Å². The topological polar surface area (TPSA) is 24.5 Å². The van der Waals surface area contributed by atoms with Crippen molar-refractivity contribution in [3.8, 4) is 0 Å². The highest BCUT2D eigenvalue weighted by Gasteiger charge is 1.92. The summed E-state index contributed by atoms with van der Waals surface area (Å²) in [6.07, 6.45) is 6.28. The predicted octanol–water partition coefficient (Wildman–Crippen LogP) is 2.12. The normalized spacial score (nSPS) is 11.2. The molecule has 0 amide bonds. The molecule has 0 aliphatic heterocycles. The number of ether oxygens (including phenoxy) is 1. The van der Waals surface area contributed by atoms with E-state index in [1.807, 2.05) is 0 Å². The Kier molecular flexibility index (Phi) is 12.9. The van der Waals surface area contributed by atoms with Crippen LogP contribution in [0.3, 0.4) is 0 Å². The van der Waals surface area contributed by atoms with Crippen LogP contribution in [0.4, 0.5) is 0 Å². The van der Waals surface area contributed by atoms with E-state index >= 15 is 0 Å². The van der Waals surface area contributed by atoms with Crippen LogP contribution in [-0.4, -0.2) is 51.8 Å². The predicted molar refractivity (Wildman–Crippen MR) is 71.0 cm³/mol. The number of nitrogens with zero attached hydrogens (tertiary/aromatic N) is 1. The third kappa shape index (κ3) is 13.9. The van der Waals surface area contributed by atoms with Crippen LogP contribution >= 0.6 is 0 Å². The maximum absolute atomic E-state index is 5.43. The average Bonchev–Trinajstić information content (AvgIpc) is 2.25. The molecule has 0 heterocycles. The van der Waals surface area contributed by atoms with E-state index in [4.69, 9.17) is 4.74 Å². The molecule has 0 bridgehead atoms. The molecular formula is C13H30N2O. The summed E-state index contributed by atoms with van der Waals surface area (Å²) in [4.78, 5) is 2.21. The van der Waals surface area contributed by atoms with Crippen LogP contribution in [0.1, 0.15) is 39.0 Å². The van der Waals surface area contributed by atoms with Gasteiger partial charge in [-0.25, -0.2) is 0 Å². The Morgan fingerprint density at radius 3 is 2.38 bits per heavy atom. The number of rotatable bonds is 12. The highest BCUT2D eigenvalue weighted by molar-refractivity contribution is 4.51. The molecule has 0 fully saturated rings. The monoisotopic (exact) mass is 230 g/mol. The van der Waals surface area contributed by atoms with Crippen LogP contribution in [0.15, 0.2) is 0 Å². The van der Waals surface area contributed by atoms with Gasteiger partial charge in [0, 0.05) is 26.3 Å². The molecule has 3 heteroatoms. The lowest BCUT2D eigenvalue weighted by atomic mass is 10.2. The maximum atomic E-state index is 5.43. The lowest BCUT2D eigenvalue weighted by Gasteiger charge is -2.10. The van der Waals surface area contributed by atoms with E-state index in [1.165, 1.54) is 25.7 Å². The summed E-state index contributed by atoms with van der Waals surface area (Å²) >= 11 is 0. The fourth-order valence-corrected chi connectivity index (χ4v) is 1.48. The molecule has 0 aromatic heterocycles. The van der Waals surface area contributed by atoms with Crippen molar-refractivity contribution in [1.29, 1.82) is 0 Å². The fraction of sp³-hybridized carbons (Fsp3) is 1.00. The summed E-state index contributed by atoms with van der Waals surface area (Å²) in [6, 6.07) is 0. The van der Waals surface area contributed by atoms with Crippen molar-refractivity contribution in [2.45, 2.75) is 39.0 Å². The zero-order chi connectivity index (χ0) is 12.1. The zero-order valence-electron chi connectivity index (χ0n) is 11.4. The smallest absolute Gasteiger partial charge is 0.0466 e. The van der Waals surface area contributed by atoms with Gasteiger partial charge in [0.05, 0.1) is 0 Å². The molecule has 0 aromatic rings. The minimum Gasteiger partial charge on any atom is -0.381 e. The minimum atomic E-state index is 0.923. The molecule has 0 aromatic carbocycles. The maximum Gasteiger partial charge on any atom is 0.0466 e. The van der Waals surface area contributed by atoms with Crippen molar-refractivity contribution in [3.05, 3.63) is 0 Å². The molecule has 0 aliphatic rings. The van der Waals surface area contributed by atoms with E-state index in [1.54, 1.807) is 0 Å². The van der Waals surface area contributed by atoms with Crippen molar-refractivity contribution in [2.75, 3.05) is 46.9 Å². The largest absolute Gasteiger partial charge is 0.381 e. The van der Waals surface area contributed by atoms with Crippen molar-refractivity contribution in [2.24, 2.45) is 0 Å². The molecule has 0 saturated carbocycles. The van der Waals surface area contributed by atoms with Crippen molar-refractivity contribution in [3.63, 3.8) is 0 Å². The van der Waals surface area contributed by atoms with Gasteiger partial charge in [-0.2, -0.15) is 0 Å². The first-order chi connectivity index (χ1) is 7.77. The van der Waals surface area contributed by atoms with Gasteiger partial charge >= 0.3 is 0 Å². The van der Waals surface area contributed by atoms with E-state index < -0.39 is 0 Å². The SMILES string of the molecule is CCCOCCCCCCNCCN(C)C. The van der Waals surface area contributed by atoms with Crippen LogP contribution in [-0.2, 0) is 4.74 Å². The molecule has 16 heavy (non-hydrogen) atoms. The van der Waals surface area contributed by atoms with Gasteiger partial charge in [-0.05, 0) is 39.9 Å². The van der Waals surface area contributed by atoms with E-state index in [0.29, 0.717) is 0 Å². The molecule has 3 nitrogen and oxygen atoms in total. The quantitative estimate of drug-likeness (QED) is 0.520. The highest BCUT2D eigenvalue weighted by atomic mass is 16.5. The van der Waals surface area contributed by atoms with Gasteiger partial charge in [-0.1, -0.05) is 19.8 Å². The molecule has 0 radical (unpaired) electrons. The van der Waals surface area contributed by atoms with Crippen molar-refractivity contribution >= 4 is 0 Å². The fourth-order valence-electron chi connectivity index (χ4n) is 1.48. The van der Waals surface area contributed by atoms with Crippen LogP contribution in [0, 0.1) is 0 Å². The molecule has 0 unspecified atom stereocenters. The Labute approximate surface area is 102 Å². The molecular weight excluding hydrogens is 200 g/mol. The second-order valence-electron chi connectivity index (χ2n) is 4.58. The van der Waals surface area contributed by atoms with Crippen LogP contribution in [0.5, 0.6) is 0 Å². The first-order valence-electron chi connectivity index (χ1n) is 6.70. The van der Waals surface area contributed by atoms with Crippen molar-refractivity contribution in [1.82, 2.24) is 10.2 Å². The Bertz CT molecular complexity index is 129. The molecule has 0 spiro atoms. The number of nitrogens with one attached hydrogen (secondary N) is 1. The van der Waals surface area contributed by atoms with E-state index in [2.05, 4.69) is 31.2 Å². The highest BCUT2D eigenvalue weighted by Crippen LogP contribution is 1.99. The van der Waals surface area contributed by atoms with Crippen LogP contribution in [0.2, 0.25) is 0 Å². The number of unbranched alkanes of at least 4 members (excludes halogenated alkanes) is 3. The summed E-state index contributed by atoms with van der Waals surface area (Å²) < 4.78 is 5.43. The molecule has 98 valence electrons. The van der Waals surface area contributed by atoms with Crippen molar-refractivity contribution < 1.29 is 4.74 Å². The van der Waals surface area contributed by atoms with Crippen LogP contribution < -0.4 is 5.32 Å². The summed E-state index contributed by atoms with van der Waals surface area (Å²) in [6.45, 7) is 7.41. The van der Waals surface area contributed by atoms with E-state index in [-0.39, 0.29) is 0 Å². The second kappa shape index (κ2) is 12.9. The average molecular weight is 230 g/mol. The summed E-state index contributed by atoms with van der Waals surface area (Å²) in [5.41, 5.74) is 0. The van der Waals surface area contributed by atoms with Gasteiger partial charge in [0.25, 0.3) is 0 Å². The van der Waals surface area contributed by atoms with E-state index in [0.717, 1.165) is 39.3 Å². The first kappa shape index (κ1) is 15.9. The first-order valence-corrected chi connectivity index (χ1v) is 6.70. The summed E-state index contributed by atoms with van der Waals surface area (Å²) in [7, 11) is 4.22. The lowest BCUT2D eigenvalue weighted by Crippen LogP contribution is -2.27. The molecule has 0 atom stereocenters. The van der Waals surface area contributed by atoms with Crippen LogP contribution in [0.25, 0.3) is 0 Å². The summed E-state index contributed by atoms with van der Waals surface area (Å²) in [5.74, 6) is 0.